The predicted molar refractivity (Wildman–Crippen MR) is 113 cm³/mol. The largest absolute Gasteiger partial charge is 0.451 e. The van der Waals surface area contributed by atoms with Crippen LogP contribution in [0.2, 0.25) is 10.0 Å². The molecule has 158 valence electrons. The molecular weight excluding hydrogens is 453 g/mol. The van der Waals surface area contributed by atoms with Gasteiger partial charge in [0.1, 0.15) is 11.9 Å². The smallest absolute Gasteiger partial charge is 0.331 e. The minimum Gasteiger partial charge on any atom is -0.451 e. The van der Waals surface area contributed by atoms with Crippen molar-refractivity contribution in [1.29, 1.82) is 0 Å². The Morgan fingerprint density at radius 1 is 1.13 bits per heavy atom. The van der Waals surface area contributed by atoms with Gasteiger partial charge in [0.15, 0.2) is 6.10 Å². The van der Waals surface area contributed by atoms with Crippen molar-refractivity contribution in [2.75, 3.05) is 5.32 Å². The lowest BCUT2D eigenvalue weighted by Gasteiger charge is -2.16. The molecule has 3 rings (SSSR count). The Hall–Kier alpha value is -2.62. The van der Waals surface area contributed by atoms with Gasteiger partial charge in [-0.1, -0.05) is 35.3 Å². The lowest BCUT2D eigenvalue weighted by molar-refractivity contribution is -0.153. The Morgan fingerprint density at radius 2 is 1.83 bits per heavy atom. The number of carbonyl (C=O) groups is 2. The highest BCUT2D eigenvalue weighted by atomic mass is 35.5. The number of hydrogen-bond acceptors (Lipinski definition) is 6. The third-order valence-corrected chi connectivity index (χ3v) is 6.12. The number of sulfonamides is 1. The Balaban J connectivity index is 1.67. The van der Waals surface area contributed by atoms with E-state index in [2.05, 4.69) is 15.0 Å². The van der Waals surface area contributed by atoms with Gasteiger partial charge >= 0.3 is 5.97 Å². The molecule has 2 aromatic carbocycles. The first-order valence-corrected chi connectivity index (χ1v) is 11.0. The Bertz CT molecular complexity index is 1150. The summed E-state index contributed by atoms with van der Waals surface area (Å²) >= 11 is 11.8. The van der Waals surface area contributed by atoms with Crippen molar-refractivity contribution in [3.63, 3.8) is 0 Å². The van der Waals surface area contributed by atoms with E-state index in [0.29, 0.717) is 16.3 Å². The molecule has 0 fully saturated rings. The molecular formula is C19H17Cl2N3O5S. The number of hydrogen-bond donors (Lipinski definition) is 2. The van der Waals surface area contributed by atoms with Gasteiger partial charge in [0.2, 0.25) is 0 Å². The Kier molecular flexibility index (Phi) is 6.35. The van der Waals surface area contributed by atoms with Crippen molar-refractivity contribution < 1.29 is 22.7 Å². The highest BCUT2D eigenvalue weighted by Crippen LogP contribution is 2.26. The van der Waals surface area contributed by atoms with Crippen LogP contribution in [0, 0.1) is 0 Å². The van der Waals surface area contributed by atoms with E-state index in [1.165, 1.54) is 32.0 Å². The van der Waals surface area contributed by atoms with Gasteiger partial charge in [-0.2, -0.15) is 0 Å². The monoisotopic (exact) mass is 469 g/mol. The molecule has 30 heavy (non-hydrogen) atoms. The Morgan fingerprint density at radius 3 is 2.53 bits per heavy atom. The second-order valence-corrected chi connectivity index (χ2v) is 8.94. The van der Waals surface area contributed by atoms with Gasteiger partial charge in [0.05, 0.1) is 15.6 Å². The predicted octanol–water partition coefficient (Wildman–Crippen LogP) is 2.99. The number of ether oxygens (including phenoxy) is 1. The molecule has 8 nitrogen and oxygen atoms in total. The average molecular weight is 470 g/mol. The Labute approximate surface area is 183 Å². The van der Waals surface area contributed by atoms with Gasteiger partial charge in [-0.15, -0.1) is 0 Å². The maximum absolute atomic E-state index is 12.4. The van der Waals surface area contributed by atoms with Crippen LogP contribution in [0.1, 0.15) is 19.4 Å². The van der Waals surface area contributed by atoms with Crippen molar-refractivity contribution in [2.24, 2.45) is 4.99 Å². The van der Waals surface area contributed by atoms with Crippen LogP contribution < -0.4 is 10.0 Å². The van der Waals surface area contributed by atoms with E-state index in [-0.39, 0.29) is 15.8 Å². The third-order valence-electron chi connectivity index (χ3n) is 4.18. The number of benzene rings is 2. The summed E-state index contributed by atoms with van der Waals surface area (Å²) in [7, 11) is -3.72. The van der Waals surface area contributed by atoms with E-state index in [0.717, 1.165) is 0 Å². The van der Waals surface area contributed by atoms with E-state index < -0.39 is 34.0 Å². The lowest BCUT2D eigenvalue weighted by Crippen LogP contribution is -2.34. The zero-order valence-corrected chi connectivity index (χ0v) is 18.2. The fourth-order valence-corrected chi connectivity index (χ4v) is 4.32. The van der Waals surface area contributed by atoms with Crippen molar-refractivity contribution in [1.82, 2.24) is 4.72 Å². The number of esters is 1. The van der Waals surface area contributed by atoms with Crippen LogP contribution in [0.3, 0.4) is 0 Å². The number of anilines is 1. The van der Waals surface area contributed by atoms with Crippen LogP contribution in [0.5, 0.6) is 0 Å². The van der Waals surface area contributed by atoms with E-state index in [9.17, 15) is 18.0 Å². The molecule has 0 spiro atoms. The molecule has 0 aliphatic carbocycles. The number of carbonyl (C=O) groups excluding carboxylic acids is 2. The number of rotatable bonds is 5. The van der Waals surface area contributed by atoms with E-state index in [1.807, 2.05) is 0 Å². The topological polar surface area (TPSA) is 114 Å². The van der Waals surface area contributed by atoms with Crippen LogP contribution >= 0.6 is 23.2 Å². The summed E-state index contributed by atoms with van der Waals surface area (Å²) in [5.74, 6) is -1.35. The van der Waals surface area contributed by atoms with Crippen LogP contribution in [0.4, 0.5) is 5.69 Å². The van der Waals surface area contributed by atoms with Crippen molar-refractivity contribution in [2.45, 2.75) is 30.9 Å². The minimum absolute atomic E-state index is 0.0418. The normalized spacial score (nSPS) is 17.5. The van der Waals surface area contributed by atoms with Gasteiger partial charge in [-0.05, 0) is 44.2 Å². The first-order chi connectivity index (χ1) is 14.1. The summed E-state index contributed by atoms with van der Waals surface area (Å²) < 4.78 is 31.7. The highest BCUT2D eigenvalue weighted by molar-refractivity contribution is 7.90. The zero-order chi connectivity index (χ0) is 22.1. The van der Waals surface area contributed by atoms with Gasteiger partial charge in [0, 0.05) is 10.6 Å². The molecule has 0 radical (unpaired) electrons. The van der Waals surface area contributed by atoms with Crippen LogP contribution in [-0.4, -0.2) is 38.3 Å². The molecule has 1 aliphatic rings. The van der Waals surface area contributed by atoms with E-state index >= 15 is 0 Å². The molecule has 11 heteroatoms. The first kappa shape index (κ1) is 22.1. The maximum Gasteiger partial charge on any atom is 0.331 e. The van der Waals surface area contributed by atoms with Crippen LogP contribution in [0.25, 0.3) is 0 Å². The van der Waals surface area contributed by atoms with Gasteiger partial charge < -0.3 is 10.1 Å². The fraction of sp³-hybridized carbons (Fsp3) is 0.211. The quantitative estimate of drug-likeness (QED) is 0.653. The maximum atomic E-state index is 12.4. The van der Waals surface area contributed by atoms with Gasteiger partial charge in [-0.3, -0.25) is 14.5 Å². The van der Waals surface area contributed by atoms with Crippen molar-refractivity contribution in [3.8, 4) is 0 Å². The summed E-state index contributed by atoms with van der Waals surface area (Å²) in [5, 5.41) is 3.19. The summed E-state index contributed by atoms with van der Waals surface area (Å²) in [4.78, 5) is 28.8. The standard InChI is InChI=1S/C19H17Cl2N3O5S/c1-10(22-17-13-5-3-4-6-16(13)30(27,28)24-17)19(26)29-11(2)18(25)23-15-8-7-12(20)9-14(15)21/h3-11H,1-2H3,(H,22,24)(H,23,25)/t10-,11?/m0/s1. The summed E-state index contributed by atoms with van der Waals surface area (Å²) in [5.41, 5.74) is 0.680. The second-order valence-electron chi connectivity index (χ2n) is 6.45. The number of halogens is 2. The minimum atomic E-state index is -3.72. The first-order valence-electron chi connectivity index (χ1n) is 8.75. The number of fused-ring (bicyclic) bond motifs is 1. The highest BCUT2D eigenvalue weighted by Gasteiger charge is 2.31. The molecule has 1 unspecified atom stereocenters. The zero-order valence-electron chi connectivity index (χ0n) is 15.8. The summed E-state index contributed by atoms with van der Waals surface area (Å²) in [6.45, 7) is 2.83. The summed E-state index contributed by atoms with van der Waals surface area (Å²) in [6.07, 6.45) is -1.14. The SMILES string of the molecule is CC(OC(=O)[C@H](C)N=C1NS(=O)(=O)c2ccccc21)C(=O)Nc1ccc(Cl)cc1Cl. The molecule has 1 amide bonds. The van der Waals surface area contributed by atoms with Crippen LogP contribution in [0.15, 0.2) is 52.4 Å². The van der Waals surface area contributed by atoms with Gasteiger partial charge in [0.25, 0.3) is 15.9 Å². The van der Waals surface area contributed by atoms with Crippen LogP contribution in [-0.2, 0) is 24.3 Å². The molecule has 0 bridgehead atoms. The molecule has 0 saturated carbocycles. The number of amides is 1. The lowest BCUT2D eigenvalue weighted by atomic mass is 10.2. The number of amidine groups is 1. The van der Waals surface area contributed by atoms with Crippen molar-refractivity contribution >= 4 is 56.6 Å². The van der Waals surface area contributed by atoms with Crippen molar-refractivity contribution in [3.05, 3.63) is 58.1 Å². The number of nitrogens with one attached hydrogen (secondary N) is 2. The number of nitrogens with zero attached hydrogens (tertiary/aromatic N) is 1. The molecule has 2 atom stereocenters. The molecule has 1 heterocycles. The third kappa shape index (κ3) is 4.75. The van der Waals surface area contributed by atoms with E-state index in [1.54, 1.807) is 24.3 Å². The average Bonchev–Trinajstić information content (AvgIpc) is 2.94. The summed E-state index contributed by atoms with van der Waals surface area (Å²) in [6, 6.07) is 9.76. The number of aliphatic imine (C=N–C) groups is 1. The van der Waals surface area contributed by atoms with E-state index in [4.69, 9.17) is 27.9 Å². The van der Waals surface area contributed by atoms with Gasteiger partial charge in [-0.25, -0.2) is 13.2 Å². The molecule has 1 aliphatic heterocycles. The fourth-order valence-electron chi connectivity index (χ4n) is 2.63. The molecule has 2 aromatic rings. The second kappa shape index (κ2) is 8.63. The molecule has 0 aromatic heterocycles. The molecule has 2 N–H and O–H groups in total. The molecule has 0 saturated heterocycles.